The molecule has 7 heteroatoms. The molecule has 1 fully saturated rings. The Hall–Kier alpha value is -3.09. The second kappa shape index (κ2) is 8.69. The van der Waals surface area contributed by atoms with Crippen LogP contribution >= 0.6 is 11.6 Å². The summed E-state index contributed by atoms with van der Waals surface area (Å²) < 4.78 is 25.4. The second-order valence-electron chi connectivity index (χ2n) is 8.42. The van der Waals surface area contributed by atoms with E-state index in [1.165, 1.54) is 0 Å². The minimum absolute atomic E-state index is 0.0374. The first-order chi connectivity index (χ1) is 15.9. The summed E-state index contributed by atoms with van der Waals surface area (Å²) in [5.41, 5.74) is 2.45. The van der Waals surface area contributed by atoms with Crippen LogP contribution < -0.4 is 0 Å². The number of fused-ring (bicyclic) bond motifs is 1. The van der Waals surface area contributed by atoms with Gasteiger partial charge in [-0.15, -0.1) is 0 Å². The Bertz CT molecular complexity index is 1440. The quantitative estimate of drug-likeness (QED) is 0.367. The molecule has 0 unspecified atom stereocenters. The van der Waals surface area contributed by atoms with Crippen LogP contribution in [0.5, 0.6) is 0 Å². The van der Waals surface area contributed by atoms with Crippen LogP contribution in [-0.2, 0) is 26.8 Å². The molecule has 0 spiro atoms. The van der Waals surface area contributed by atoms with Crippen LogP contribution in [0.3, 0.4) is 0 Å². The number of benzene rings is 2. The number of hydrogen-bond acceptors (Lipinski definition) is 5. The second-order valence-corrected chi connectivity index (χ2v) is 10.8. The lowest BCUT2D eigenvalue weighted by Gasteiger charge is -2.07. The summed E-state index contributed by atoms with van der Waals surface area (Å²) in [6, 6.07) is 18.0. The molecule has 5 nitrogen and oxygen atoms in total. The molecule has 0 radical (unpaired) electrons. The average Bonchev–Trinajstić information content (AvgIpc) is 3.61. The maximum atomic E-state index is 12.9. The van der Waals surface area contributed by atoms with Crippen LogP contribution in [0.1, 0.15) is 29.2 Å². The molecule has 2 atom stereocenters. The van der Waals surface area contributed by atoms with Crippen LogP contribution in [0, 0.1) is 5.92 Å². The molecule has 33 heavy (non-hydrogen) atoms. The van der Waals surface area contributed by atoms with Crippen molar-refractivity contribution in [1.82, 2.24) is 9.97 Å². The number of rotatable bonds is 7. The van der Waals surface area contributed by atoms with E-state index in [9.17, 15) is 13.2 Å². The predicted molar refractivity (Wildman–Crippen MR) is 128 cm³/mol. The van der Waals surface area contributed by atoms with Gasteiger partial charge in [-0.25, -0.2) is 8.42 Å². The van der Waals surface area contributed by atoms with Crippen molar-refractivity contribution >= 4 is 38.0 Å². The number of sulfone groups is 1. The smallest absolute Gasteiger partial charge is 0.184 e. The molecule has 0 N–H and O–H groups in total. The predicted octanol–water partition coefficient (Wildman–Crippen LogP) is 5.17. The van der Waals surface area contributed by atoms with Gasteiger partial charge in [0, 0.05) is 41.7 Å². The van der Waals surface area contributed by atoms with Gasteiger partial charge < -0.3 is 0 Å². The van der Waals surface area contributed by atoms with E-state index in [4.69, 9.17) is 11.6 Å². The van der Waals surface area contributed by atoms with E-state index in [0.717, 1.165) is 28.3 Å². The Morgan fingerprint density at radius 3 is 2.61 bits per heavy atom. The lowest BCUT2D eigenvalue weighted by molar-refractivity contribution is -0.119. The highest BCUT2D eigenvalue weighted by molar-refractivity contribution is 7.90. The molecule has 1 aliphatic rings. The maximum Gasteiger partial charge on any atom is 0.184 e. The zero-order valence-corrected chi connectivity index (χ0v) is 19.3. The monoisotopic (exact) mass is 476 g/mol. The molecule has 2 aromatic heterocycles. The Morgan fingerprint density at radius 2 is 1.85 bits per heavy atom. The lowest BCUT2D eigenvalue weighted by atomic mass is 10.0. The summed E-state index contributed by atoms with van der Waals surface area (Å²) in [4.78, 5) is 21.3. The van der Waals surface area contributed by atoms with Crippen molar-refractivity contribution < 1.29 is 13.2 Å². The molecule has 5 rings (SSSR count). The molecule has 0 aliphatic heterocycles. The van der Waals surface area contributed by atoms with Crippen LogP contribution in [0.4, 0.5) is 0 Å². The number of hydrogen-bond donors (Lipinski definition) is 0. The van der Waals surface area contributed by atoms with Crippen molar-refractivity contribution in [3.8, 4) is 0 Å². The summed E-state index contributed by atoms with van der Waals surface area (Å²) in [7, 11) is -3.47. The first-order valence-corrected chi connectivity index (χ1v) is 12.7. The number of nitrogens with zero attached hydrogens (tertiary/aromatic N) is 2. The van der Waals surface area contributed by atoms with E-state index in [0.29, 0.717) is 17.1 Å². The van der Waals surface area contributed by atoms with Gasteiger partial charge >= 0.3 is 0 Å². The molecule has 2 aromatic carbocycles. The molecule has 2 heterocycles. The van der Waals surface area contributed by atoms with Gasteiger partial charge in [-0.3, -0.25) is 14.8 Å². The average molecular weight is 477 g/mol. The Morgan fingerprint density at radius 1 is 1.03 bits per heavy atom. The molecular weight excluding hydrogens is 456 g/mol. The third-order valence-corrected chi connectivity index (χ3v) is 8.06. The van der Waals surface area contributed by atoms with Crippen LogP contribution in [-0.4, -0.2) is 24.2 Å². The third kappa shape index (κ3) is 4.68. The fraction of sp³-hybridized carbons (Fsp3) is 0.192. The number of halogens is 1. The van der Waals surface area contributed by atoms with E-state index in [1.807, 2.05) is 30.3 Å². The van der Waals surface area contributed by atoms with E-state index in [2.05, 4.69) is 9.97 Å². The topological polar surface area (TPSA) is 77.0 Å². The van der Waals surface area contributed by atoms with Gasteiger partial charge in [0.25, 0.3) is 0 Å². The highest BCUT2D eigenvalue weighted by Crippen LogP contribution is 2.48. The summed E-state index contributed by atoms with van der Waals surface area (Å²) in [5.74, 6) is 0.156. The van der Waals surface area contributed by atoms with E-state index < -0.39 is 9.84 Å². The van der Waals surface area contributed by atoms with Crippen molar-refractivity contribution in [3.05, 3.63) is 101 Å². The summed E-state index contributed by atoms with van der Waals surface area (Å²) in [6.07, 6.45) is 6.09. The molecule has 4 aromatic rings. The number of pyridine rings is 2. The number of aromatic nitrogens is 2. The fourth-order valence-electron chi connectivity index (χ4n) is 4.22. The lowest BCUT2D eigenvalue weighted by Crippen LogP contribution is -2.07. The number of ketones is 1. The molecule has 166 valence electrons. The van der Waals surface area contributed by atoms with Crippen molar-refractivity contribution in [2.45, 2.75) is 29.4 Å². The zero-order chi connectivity index (χ0) is 23.0. The summed E-state index contributed by atoms with van der Waals surface area (Å²) >= 11 is 6.24. The summed E-state index contributed by atoms with van der Waals surface area (Å²) in [6.45, 7) is 0. The van der Waals surface area contributed by atoms with E-state index >= 15 is 0 Å². The first-order valence-electron chi connectivity index (χ1n) is 10.7. The highest BCUT2D eigenvalue weighted by Gasteiger charge is 2.43. The molecule has 0 bridgehead atoms. The van der Waals surface area contributed by atoms with E-state index in [1.54, 1.807) is 48.9 Å². The van der Waals surface area contributed by atoms with Gasteiger partial charge in [0.05, 0.1) is 21.4 Å². The Kier molecular flexibility index (Phi) is 5.72. The van der Waals surface area contributed by atoms with Crippen molar-refractivity contribution in [2.75, 3.05) is 0 Å². The fourth-order valence-corrected chi connectivity index (χ4v) is 5.72. The van der Waals surface area contributed by atoms with Gasteiger partial charge in [-0.1, -0.05) is 41.9 Å². The van der Waals surface area contributed by atoms with Gasteiger partial charge in [0.2, 0.25) is 0 Å². The number of carbonyl (C=O) groups excluding carboxylic acids is 1. The minimum Gasteiger partial charge on any atom is -0.299 e. The molecule has 1 saturated carbocycles. The zero-order valence-electron chi connectivity index (χ0n) is 17.7. The molecule has 1 aliphatic carbocycles. The largest absolute Gasteiger partial charge is 0.299 e. The van der Waals surface area contributed by atoms with Gasteiger partial charge in [-0.05, 0) is 53.8 Å². The van der Waals surface area contributed by atoms with Crippen LogP contribution in [0.15, 0.2) is 84.1 Å². The first kappa shape index (κ1) is 21.7. The standard InChI is InChI=1S/C26H21ClN2O3S/c27-25-15-28-14-19-5-4-17(11-23(19)25)12-26(30)24-13-22(24)18-6-8-21(9-7-18)33(31,32)16-20-3-1-2-10-29-20/h1-11,14-15,22,24H,12-13,16H2/t22-,24+/m0/s1. The number of carbonyl (C=O) groups is 1. The minimum atomic E-state index is -3.47. The Labute approximate surface area is 197 Å². The van der Waals surface area contributed by atoms with Crippen molar-refractivity contribution in [2.24, 2.45) is 5.92 Å². The van der Waals surface area contributed by atoms with Crippen molar-refractivity contribution in [3.63, 3.8) is 0 Å². The molecule has 0 saturated heterocycles. The maximum absolute atomic E-state index is 12.9. The van der Waals surface area contributed by atoms with Gasteiger partial charge in [-0.2, -0.15) is 0 Å². The Balaban J connectivity index is 1.25. The van der Waals surface area contributed by atoms with Gasteiger partial charge in [0.1, 0.15) is 5.78 Å². The van der Waals surface area contributed by atoms with Crippen LogP contribution in [0.2, 0.25) is 5.02 Å². The SMILES string of the molecule is O=C(Cc1ccc2cncc(Cl)c2c1)[C@@H]1C[C@H]1c1ccc(S(=O)(=O)Cc2ccccn2)cc1. The number of Topliss-reactive ketones (excluding diaryl/α,β-unsaturated/α-hetero) is 1. The molecular formula is C26H21ClN2O3S. The van der Waals surface area contributed by atoms with E-state index in [-0.39, 0.29) is 28.3 Å². The molecule has 0 amide bonds. The summed E-state index contributed by atoms with van der Waals surface area (Å²) in [5, 5.41) is 2.41. The normalized spacial score (nSPS) is 17.7. The van der Waals surface area contributed by atoms with Gasteiger partial charge in [0.15, 0.2) is 9.84 Å². The van der Waals surface area contributed by atoms with Crippen molar-refractivity contribution in [1.29, 1.82) is 0 Å². The third-order valence-electron chi connectivity index (χ3n) is 6.09. The van der Waals surface area contributed by atoms with Crippen LogP contribution in [0.25, 0.3) is 10.8 Å². The highest BCUT2D eigenvalue weighted by atomic mass is 35.5.